The normalized spacial score (nSPS) is 9.65. The first-order valence-corrected chi connectivity index (χ1v) is 11.5. The van der Waals surface area contributed by atoms with E-state index in [1.165, 1.54) is 12.4 Å². The van der Waals surface area contributed by atoms with Crippen molar-refractivity contribution in [2.24, 2.45) is 5.73 Å². The van der Waals surface area contributed by atoms with Gasteiger partial charge in [-0.15, -0.1) is 0 Å². The Morgan fingerprint density at radius 1 is 0.919 bits per heavy atom. The Morgan fingerprint density at radius 3 is 1.76 bits per heavy atom. The molecule has 0 fully saturated rings. The number of nitrogens with two attached hydrogens (primary N) is 4. The van der Waals surface area contributed by atoms with E-state index in [-0.39, 0.29) is 12.6 Å². The van der Waals surface area contributed by atoms with E-state index in [4.69, 9.17) is 38.0 Å². The summed E-state index contributed by atoms with van der Waals surface area (Å²) in [5.74, 6) is -0.199. The second-order valence-corrected chi connectivity index (χ2v) is 8.48. The van der Waals surface area contributed by atoms with E-state index in [0.29, 0.717) is 42.0 Å². The van der Waals surface area contributed by atoms with Gasteiger partial charge in [0.25, 0.3) is 0 Å². The molecule has 0 saturated carbocycles. The van der Waals surface area contributed by atoms with E-state index >= 15 is 0 Å². The number of hydrogen-bond donors (Lipinski definition) is 5. The predicted molar refractivity (Wildman–Crippen MR) is 145 cm³/mol. The Kier molecular flexibility index (Phi) is 16.0. The Labute approximate surface area is 218 Å². The first kappa shape index (κ1) is 32.7. The minimum Gasteiger partial charge on any atom is -0.460 e. The number of rotatable bonds is 4. The summed E-state index contributed by atoms with van der Waals surface area (Å²) in [6.45, 7) is 7.99. The number of nitrogens with zero attached hydrogens (tertiary/aromatic N) is 4. The van der Waals surface area contributed by atoms with Crippen molar-refractivity contribution in [1.82, 2.24) is 15.0 Å². The smallest absolute Gasteiger partial charge is 0.306 e. The molecule has 0 aliphatic rings. The van der Waals surface area contributed by atoms with Gasteiger partial charge in [-0.2, -0.15) is 5.26 Å². The molecule has 0 saturated heterocycles. The highest BCUT2D eigenvalue weighted by molar-refractivity contribution is 5.70. The Hall–Kier alpha value is -4.27. The van der Waals surface area contributed by atoms with Crippen molar-refractivity contribution in [1.29, 1.82) is 5.26 Å². The molecule has 200 valence electrons. The molecule has 3 rings (SSSR count). The number of hydrogen-bond acceptors (Lipinski definition) is 11. The number of nitriles is 1. The molecular weight excluding hydrogens is 472 g/mol. The van der Waals surface area contributed by atoms with Crippen LogP contribution in [0.15, 0.2) is 55.4 Å². The van der Waals surface area contributed by atoms with Crippen molar-refractivity contribution in [2.45, 2.75) is 52.7 Å². The van der Waals surface area contributed by atoms with Crippen molar-refractivity contribution in [2.75, 3.05) is 23.8 Å². The van der Waals surface area contributed by atoms with Gasteiger partial charge in [0.15, 0.2) is 0 Å². The topological polar surface area (TPSA) is 213 Å². The fourth-order valence-corrected chi connectivity index (χ4v) is 2.42. The van der Waals surface area contributed by atoms with Crippen molar-refractivity contribution >= 4 is 23.0 Å². The van der Waals surface area contributed by atoms with Crippen LogP contribution < -0.4 is 22.9 Å². The molecule has 37 heavy (non-hydrogen) atoms. The van der Waals surface area contributed by atoms with Gasteiger partial charge in [0.1, 0.15) is 11.7 Å². The molecule has 0 atom stereocenters. The first-order valence-electron chi connectivity index (χ1n) is 11.5. The average Bonchev–Trinajstić information content (AvgIpc) is 2.83. The van der Waals surface area contributed by atoms with Crippen LogP contribution in [-0.2, 0) is 22.5 Å². The number of ether oxygens (including phenoxy) is 1. The monoisotopic (exact) mass is 510 g/mol. The zero-order chi connectivity index (χ0) is 28.3. The van der Waals surface area contributed by atoms with Crippen LogP contribution in [0.5, 0.6) is 0 Å². The third-order valence-corrected chi connectivity index (χ3v) is 3.79. The number of nitrogen functional groups attached to an aromatic ring is 3. The van der Waals surface area contributed by atoms with Crippen LogP contribution in [0.2, 0.25) is 0 Å². The quantitative estimate of drug-likeness (QED) is 0.321. The van der Waals surface area contributed by atoms with E-state index in [0.717, 1.165) is 11.1 Å². The Bertz CT molecular complexity index is 1110. The summed E-state index contributed by atoms with van der Waals surface area (Å²) >= 11 is 0. The lowest BCUT2D eigenvalue weighted by atomic mass is 10.1. The number of carbonyl (C=O) groups is 1. The van der Waals surface area contributed by atoms with Crippen LogP contribution in [0.1, 0.15) is 50.8 Å². The lowest BCUT2D eigenvalue weighted by Crippen LogP contribution is -2.24. The van der Waals surface area contributed by atoms with E-state index in [2.05, 4.69) is 15.0 Å². The standard InChI is InChI=1S/C12H18N2O2.C6H9N3.C6H5N3.C2H6O/c1-12(2,3)16-11(15)5-4-9-6-10(13)8-14-7-9;2*7-2-5-1-6(8)4-9-3-5;1-2-3/h6-8H,4-5,13H2,1-3H3;1,3-4H,2,7-8H2;1,3-4H,8H2;3H,2H2,1H3. The van der Waals surface area contributed by atoms with Crippen LogP contribution in [0.4, 0.5) is 17.1 Å². The van der Waals surface area contributed by atoms with Gasteiger partial charge in [-0.3, -0.25) is 19.7 Å². The van der Waals surface area contributed by atoms with Crippen molar-refractivity contribution < 1.29 is 14.6 Å². The van der Waals surface area contributed by atoms with Gasteiger partial charge in [0.2, 0.25) is 0 Å². The molecule has 0 aromatic carbocycles. The molecule has 3 aromatic heterocycles. The van der Waals surface area contributed by atoms with Crippen LogP contribution >= 0.6 is 0 Å². The summed E-state index contributed by atoms with van der Waals surface area (Å²) in [6, 6.07) is 7.13. The zero-order valence-corrected chi connectivity index (χ0v) is 21.9. The maximum Gasteiger partial charge on any atom is 0.306 e. The maximum atomic E-state index is 11.4. The number of anilines is 3. The average molecular weight is 511 g/mol. The van der Waals surface area contributed by atoms with Gasteiger partial charge in [-0.05, 0) is 63.4 Å². The third kappa shape index (κ3) is 17.8. The highest BCUT2D eigenvalue weighted by Gasteiger charge is 2.15. The summed E-state index contributed by atoms with van der Waals surface area (Å²) in [4.78, 5) is 23.0. The molecule has 0 spiro atoms. The minimum atomic E-state index is -0.426. The molecule has 0 bridgehead atoms. The largest absolute Gasteiger partial charge is 0.460 e. The van der Waals surface area contributed by atoms with Gasteiger partial charge >= 0.3 is 5.97 Å². The molecule has 0 unspecified atom stereocenters. The summed E-state index contributed by atoms with van der Waals surface area (Å²) in [7, 11) is 0. The third-order valence-electron chi connectivity index (χ3n) is 3.79. The van der Waals surface area contributed by atoms with E-state index < -0.39 is 5.60 Å². The molecule has 0 aliphatic carbocycles. The number of aromatic nitrogens is 3. The molecule has 3 aromatic rings. The van der Waals surface area contributed by atoms with Crippen molar-refractivity contribution in [3.05, 3.63) is 72.1 Å². The van der Waals surface area contributed by atoms with Gasteiger partial charge in [0.05, 0.1) is 22.6 Å². The molecule has 11 nitrogen and oxygen atoms in total. The number of aliphatic hydroxyl groups is 1. The van der Waals surface area contributed by atoms with E-state index in [9.17, 15) is 4.79 Å². The maximum absolute atomic E-state index is 11.4. The fourth-order valence-electron chi connectivity index (χ4n) is 2.42. The summed E-state index contributed by atoms with van der Waals surface area (Å²) in [5.41, 5.74) is 25.4. The first-order chi connectivity index (χ1) is 17.4. The van der Waals surface area contributed by atoms with Crippen molar-refractivity contribution in [3.63, 3.8) is 0 Å². The van der Waals surface area contributed by atoms with E-state index in [1.54, 1.807) is 37.8 Å². The number of aryl methyl sites for hydroxylation is 1. The van der Waals surface area contributed by atoms with Gasteiger partial charge < -0.3 is 32.8 Å². The Morgan fingerprint density at radius 2 is 1.38 bits per heavy atom. The molecular formula is C26H38N8O3. The minimum absolute atomic E-state index is 0.199. The predicted octanol–water partition coefficient (Wildman–Crippen LogP) is 2.59. The molecule has 9 N–H and O–H groups in total. The van der Waals surface area contributed by atoms with Crippen molar-refractivity contribution in [3.8, 4) is 6.07 Å². The lowest BCUT2D eigenvalue weighted by Gasteiger charge is -2.19. The van der Waals surface area contributed by atoms with Gasteiger partial charge in [-0.1, -0.05) is 0 Å². The van der Waals surface area contributed by atoms with Crippen LogP contribution in [-0.4, -0.2) is 38.2 Å². The lowest BCUT2D eigenvalue weighted by molar-refractivity contribution is -0.154. The van der Waals surface area contributed by atoms with Crippen LogP contribution in [0.3, 0.4) is 0 Å². The molecule has 0 aliphatic heterocycles. The number of carbonyl (C=O) groups excluding carboxylic acids is 1. The van der Waals surface area contributed by atoms with Crippen LogP contribution in [0, 0.1) is 11.3 Å². The highest BCUT2D eigenvalue weighted by Crippen LogP contribution is 2.11. The second-order valence-electron chi connectivity index (χ2n) is 8.48. The number of pyridine rings is 3. The van der Waals surface area contributed by atoms with Crippen LogP contribution in [0.25, 0.3) is 0 Å². The molecule has 3 heterocycles. The zero-order valence-electron chi connectivity index (χ0n) is 21.9. The number of esters is 1. The molecule has 0 radical (unpaired) electrons. The number of aliphatic hydroxyl groups excluding tert-OH is 1. The fraction of sp³-hybridized carbons (Fsp3) is 0.346. The summed E-state index contributed by atoms with van der Waals surface area (Å²) in [5, 5.41) is 15.9. The molecule has 0 amide bonds. The Balaban J connectivity index is 0.000000527. The van der Waals surface area contributed by atoms with Gasteiger partial charge in [0, 0.05) is 56.8 Å². The summed E-state index contributed by atoms with van der Waals surface area (Å²) < 4.78 is 5.20. The summed E-state index contributed by atoms with van der Waals surface area (Å²) in [6.07, 6.45) is 10.5. The SMILES string of the molecule is CC(C)(C)OC(=O)CCc1cncc(N)c1.CCO.N#Cc1cncc(N)c1.NCc1cncc(N)c1. The molecule has 11 heteroatoms. The highest BCUT2D eigenvalue weighted by atomic mass is 16.6. The van der Waals surface area contributed by atoms with E-state index in [1.807, 2.05) is 39.0 Å². The van der Waals surface area contributed by atoms with Gasteiger partial charge in [-0.25, -0.2) is 0 Å². The second kappa shape index (κ2) is 18.1.